The van der Waals surface area contributed by atoms with Crippen LogP contribution >= 0.6 is 0 Å². The van der Waals surface area contributed by atoms with E-state index in [1.54, 1.807) is 12.1 Å². The first-order chi connectivity index (χ1) is 19.9. The van der Waals surface area contributed by atoms with E-state index in [2.05, 4.69) is 0 Å². The van der Waals surface area contributed by atoms with Crippen molar-refractivity contribution in [2.24, 2.45) is 17.1 Å². The third-order valence-electron chi connectivity index (χ3n) is 8.22. The molecule has 2 aliphatic rings. The number of nitrogens with two attached hydrogens (primary N) is 2. The van der Waals surface area contributed by atoms with Crippen molar-refractivity contribution in [1.82, 2.24) is 9.21 Å². The molecule has 0 bridgehead atoms. The molecule has 2 aromatic carbocycles. The zero-order valence-corrected chi connectivity index (χ0v) is 25.2. The molecule has 0 radical (unpaired) electrons. The summed E-state index contributed by atoms with van der Waals surface area (Å²) in [4.78, 5) is 14.1. The van der Waals surface area contributed by atoms with Crippen LogP contribution in [0.3, 0.4) is 0 Å². The van der Waals surface area contributed by atoms with Crippen LogP contribution in [0.1, 0.15) is 38.7 Å². The molecule has 0 unspecified atom stereocenters. The Morgan fingerprint density at radius 3 is 2.55 bits per heavy atom. The molecule has 0 saturated carbocycles. The molecule has 2 fully saturated rings. The molecular weight excluding hydrogens is 560 g/mol. The van der Waals surface area contributed by atoms with Gasteiger partial charge in [0.15, 0.2) is 6.29 Å². The van der Waals surface area contributed by atoms with Gasteiger partial charge in [0.25, 0.3) is 0 Å². The van der Waals surface area contributed by atoms with Gasteiger partial charge < -0.3 is 31.2 Å². The number of hydrogen-bond donors (Lipinski definition) is 4. The lowest BCUT2D eigenvalue weighted by atomic mass is 9.87. The van der Waals surface area contributed by atoms with E-state index in [9.17, 15) is 23.4 Å². The topological polar surface area (TPSA) is 169 Å². The molecule has 11 nitrogen and oxygen atoms in total. The minimum atomic E-state index is -4.11. The van der Waals surface area contributed by atoms with E-state index in [4.69, 9.17) is 20.9 Å². The second kappa shape index (κ2) is 13.7. The fourth-order valence-corrected chi connectivity index (χ4v) is 7.78. The highest BCUT2D eigenvalue weighted by molar-refractivity contribution is 7.89. The fraction of sp³-hybridized carbons (Fsp3) is 0.567. The lowest BCUT2D eigenvalue weighted by Crippen LogP contribution is -2.58. The van der Waals surface area contributed by atoms with Gasteiger partial charge in [0.2, 0.25) is 10.0 Å². The van der Waals surface area contributed by atoms with E-state index < -0.39 is 46.0 Å². The van der Waals surface area contributed by atoms with Gasteiger partial charge in [-0.3, -0.25) is 4.90 Å². The number of nitrogen functional groups attached to an aromatic ring is 1. The molecule has 2 aromatic rings. The molecule has 42 heavy (non-hydrogen) atoms. The molecule has 12 heteroatoms. The Kier molecular flexibility index (Phi) is 10.5. The van der Waals surface area contributed by atoms with Gasteiger partial charge in [-0.2, -0.15) is 4.31 Å². The quantitative estimate of drug-likeness (QED) is 0.237. The van der Waals surface area contributed by atoms with Crippen molar-refractivity contribution in [3.8, 4) is 0 Å². The number of carboxylic acid groups (broad SMARTS) is 1. The molecule has 0 spiro atoms. The maximum absolute atomic E-state index is 14.0. The predicted molar refractivity (Wildman–Crippen MR) is 159 cm³/mol. The van der Waals surface area contributed by atoms with E-state index in [1.165, 1.54) is 21.3 Å². The van der Waals surface area contributed by atoms with Gasteiger partial charge in [-0.05, 0) is 61.4 Å². The summed E-state index contributed by atoms with van der Waals surface area (Å²) in [5.41, 5.74) is 12.3. The number of carbonyl (C=O) groups is 1. The number of nitrogens with zero attached hydrogens (tertiary/aromatic N) is 2. The van der Waals surface area contributed by atoms with Crippen molar-refractivity contribution in [2.45, 2.75) is 68.9 Å². The normalized spacial score (nSPS) is 22.2. The largest absolute Gasteiger partial charge is 0.465 e. The maximum atomic E-state index is 14.0. The third-order valence-corrected chi connectivity index (χ3v) is 10.0. The molecule has 4 rings (SSSR count). The molecule has 2 saturated heterocycles. The van der Waals surface area contributed by atoms with Crippen molar-refractivity contribution in [1.29, 1.82) is 0 Å². The number of ether oxygens (including phenoxy) is 2. The van der Waals surface area contributed by atoms with Gasteiger partial charge in [0.05, 0.1) is 36.3 Å². The number of amides is 1. The van der Waals surface area contributed by atoms with Crippen LogP contribution in [-0.2, 0) is 25.9 Å². The Labute approximate surface area is 248 Å². The standard InChI is InChI=1S/C30H44N4O7S/c1-30(2,13-7-14-31)20-33(42(38,39)23-11-6-10-22(32)17-23)18-27(35)25(16-21-8-4-3-5-9-21)34(29(36)37)26-19-41-28-24(26)12-15-40-28/h3-6,8-11,17,24-28,35H,7,12-16,18-20,31-32H2,1-2H3,(H,36,37)/t24-,25-,26-,27+,28+/m0/s1. The van der Waals surface area contributed by atoms with E-state index >= 15 is 0 Å². The van der Waals surface area contributed by atoms with Crippen LogP contribution in [0, 0.1) is 11.3 Å². The summed E-state index contributed by atoms with van der Waals surface area (Å²) in [6.45, 7) is 4.76. The minimum absolute atomic E-state index is 0.00849. The second-order valence-corrected chi connectivity index (χ2v) is 14.0. The van der Waals surface area contributed by atoms with Gasteiger partial charge in [0, 0.05) is 24.7 Å². The first-order valence-corrected chi connectivity index (χ1v) is 15.9. The van der Waals surface area contributed by atoms with Crippen molar-refractivity contribution in [3.63, 3.8) is 0 Å². The van der Waals surface area contributed by atoms with E-state index in [1.807, 2.05) is 44.2 Å². The van der Waals surface area contributed by atoms with Crippen LogP contribution < -0.4 is 11.5 Å². The molecule has 0 aromatic heterocycles. The smallest absolute Gasteiger partial charge is 0.407 e. The fourth-order valence-electron chi connectivity index (χ4n) is 6.07. The summed E-state index contributed by atoms with van der Waals surface area (Å²) in [5, 5.41) is 22.4. The van der Waals surface area contributed by atoms with Crippen molar-refractivity contribution in [2.75, 3.05) is 38.6 Å². The number of hydrogen-bond acceptors (Lipinski definition) is 8. The molecule has 5 atom stereocenters. The number of anilines is 1. The zero-order valence-electron chi connectivity index (χ0n) is 24.3. The second-order valence-electron chi connectivity index (χ2n) is 12.0. The van der Waals surface area contributed by atoms with E-state index in [0.29, 0.717) is 38.1 Å². The summed E-state index contributed by atoms with van der Waals surface area (Å²) in [5.74, 6) is -0.172. The lowest BCUT2D eigenvalue weighted by Gasteiger charge is -2.40. The average Bonchev–Trinajstić information content (AvgIpc) is 3.56. The summed E-state index contributed by atoms with van der Waals surface area (Å²) in [6.07, 6.45) is -0.856. The zero-order chi connectivity index (χ0) is 30.5. The molecule has 232 valence electrons. The van der Waals surface area contributed by atoms with Crippen LogP contribution in [0.15, 0.2) is 59.5 Å². The number of rotatable bonds is 14. The third kappa shape index (κ3) is 7.61. The molecule has 2 heterocycles. The van der Waals surface area contributed by atoms with Gasteiger partial charge in [-0.15, -0.1) is 0 Å². The molecular formula is C30H44N4O7S. The highest BCUT2D eigenvalue weighted by atomic mass is 32.2. The van der Waals surface area contributed by atoms with Crippen LogP contribution in [-0.4, -0.2) is 91.3 Å². The minimum Gasteiger partial charge on any atom is -0.465 e. The SMILES string of the molecule is CC(C)(CCCN)CN(C[C@@H](O)[C@H](Cc1ccccc1)N(C(=O)O)[C@H]1CO[C@H]2OCC[C@H]21)S(=O)(=O)c1cccc(N)c1. The van der Waals surface area contributed by atoms with Crippen LogP contribution in [0.4, 0.5) is 10.5 Å². The number of fused-ring (bicyclic) bond motifs is 1. The first-order valence-electron chi connectivity index (χ1n) is 14.4. The Bertz CT molecular complexity index is 1290. The molecule has 0 aliphatic carbocycles. The van der Waals surface area contributed by atoms with Crippen molar-refractivity contribution in [3.05, 3.63) is 60.2 Å². The summed E-state index contributed by atoms with van der Waals surface area (Å²) < 4.78 is 40.7. The molecule has 6 N–H and O–H groups in total. The van der Waals surface area contributed by atoms with Gasteiger partial charge >= 0.3 is 6.09 Å². The van der Waals surface area contributed by atoms with Crippen molar-refractivity contribution >= 4 is 21.8 Å². The number of aliphatic hydroxyl groups is 1. The van der Waals surface area contributed by atoms with Gasteiger partial charge in [-0.1, -0.05) is 50.2 Å². The maximum Gasteiger partial charge on any atom is 0.407 e. The highest BCUT2D eigenvalue weighted by Crippen LogP contribution is 2.36. The van der Waals surface area contributed by atoms with Gasteiger partial charge in [-0.25, -0.2) is 13.2 Å². The molecule has 1 amide bonds. The lowest BCUT2D eigenvalue weighted by molar-refractivity contribution is -0.0906. The Balaban J connectivity index is 1.71. The average molecular weight is 605 g/mol. The Morgan fingerprint density at radius 1 is 1.14 bits per heavy atom. The van der Waals surface area contributed by atoms with Gasteiger partial charge in [0.1, 0.15) is 0 Å². The van der Waals surface area contributed by atoms with Crippen molar-refractivity contribution < 1.29 is 32.9 Å². The van der Waals surface area contributed by atoms with Crippen LogP contribution in [0.2, 0.25) is 0 Å². The number of sulfonamides is 1. The predicted octanol–water partition coefficient (Wildman–Crippen LogP) is 2.74. The monoisotopic (exact) mass is 604 g/mol. The Hall–Kier alpha value is -2.74. The van der Waals surface area contributed by atoms with E-state index in [-0.39, 0.29) is 36.9 Å². The summed E-state index contributed by atoms with van der Waals surface area (Å²) >= 11 is 0. The number of benzene rings is 2. The van der Waals surface area contributed by atoms with Crippen LogP contribution in [0.5, 0.6) is 0 Å². The molecule has 2 aliphatic heterocycles. The summed E-state index contributed by atoms with van der Waals surface area (Å²) in [7, 11) is -4.11. The number of aliphatic hydroxyl groups excluding tert-OH is 1. The first kappa shape index (κ1) is 32.2. The Morgan fingerprint density at radius 2 is 1.88 bits per heavy atom. The van der Waals surface area contributed by atoms with Crippen LogP contribution in [0.25, 0.3) is 0 Å². The van der Waals surface area contributed by atoms with E-state index in [0.717, 1.165) is 5.56 Å². The summed E-state index contributed by atoms with van der Waals surface area (Å²) in [6, 6.07) is 13.8. The highest BCUT2D eigenvalue weighted by Gasteiger charge is 2.49.